The summed E-state index contributed by atoms with van der Waals surface area (Å²) in [5.41, 5.74) is 1.94. The van der Waals surface area contributed by atoms with Crippen LogP contribution in [0.3, 0.4) is 0 Å². The van der Waals surface area contributed by atoms with Gasteiger partial charge in [0.1, 0.15) is 5.70 Å². The molecule has 0 bridgehead atoms. The summed E-state index contributed by atoms with van der Waals surface area (Å²) in [6.07, 6.45) is 3.99. The Hall–Kier alpha value is -3.23. The van der Waals surface area contributed by atoms with Crippen LogP contribution in [0.25, 0.3) is 6.08 Å². The molecular formula is C23H20N4O2S2. The summed E-state index contributed by atoms with van der Waals surface area (Å²) in [6, 6.07) is 18.9. The van der Waals surface area contributed by atoms with Crippen LogP contribution in [0.1, 0.15) is 18.9 Å². The highest BCUT2D eigenvalue weighted by Crippen LogP contribution is 2.32. The molecule has 1 aromatic heterocycles. The van der Waals surface area contributed by atoms with E-state index in [-0.39, 0.29) is 11.8 Å². The van der Waals surface area contributed by atoms with Crippen LogP contribution in [0.5, 0.6) is 0 Å². The van der Waals surface area contributed by atoms with E-state index in [9.17, 15) is 9.59 Å². The van der Waals surface area contributed by atoms with Gasteiger partial charge in [0, 0.05) is 11.6 Å². The second-order valence-electron chi connectivity index (χ2n) is 6.65. The summed E-state index contributed by atoms with van der Waals surface area (Å²) in [6.45, 7) is 1.93. The number of anilines is 2. The third-order valence-corrected chi connectivity index (χ3v) is 6.53. The maximum Gasteiger partial charge on any atom is 0.283 e. The fourth-order valence-electron chi connectivity index (χ4n) is 3.01. The number of amides is 2. The summed E-state index contributed by atoms with van der Waals surface area (Å²) < 4.78 is 0. The average Bonchev–Trinajstić information content (AvgIpc) is 3.41. The second-order valence-corrected chi connectivity index (χ2v) is 8.72. The molecule has 1 unspecified atom stereocenters. The van der Waals surface area contributed by atoms with E-state index in [2.05, 4.69) is 15.3 Å². The minimum absolute atomic E-state index is 0.161. The highest BCUT2D eigenvalue weighted by Gasteiger charge is 2.34. The molecule has 3 aromatic rings. The average molecular weight is 449 g/mol. The lowest BCUT2D eigenvalue weighted by atomic mass is 10.2. The van der Waals surface area contributed by atoms with Gasteiger partial charge in [0.25, 0.3) is 5.91 Å². The second kappa shape index (κ2) is 9.72. The summed E-state index contributed by atoms with van der Waals surface area (Å²) in [5.74, 6) is -0.376. The van der Waals surface area contributed by atoms with Crippen LogP contribution in [0, 0.1) is 0 Å². The molecule has 0 radical (unpaired) electrons. The molecular weight excluding hydrogens is 428 g/mol. The SMILES string of the molecule is CCC(SC1=N/C(=C/c2ccccc2)C(=O)N1c1ccccc1)C(=O)Nc1nccs1. The van der Waals surface area contributed by atoms with Crippen molar-refractivity contribution in [3.63, 3.8) is 0 Å². The van der Waals surface area contributed by atoms with Gasteiger partial charge in [-0.2, -0.15) is 0 Å². The molecule has 0 saturated heterocycles. The third kappa shape index (κ3) is 4.92. The van der Waals surface area contributed by atoms with E-state index < -0.39 is 5.25 Å². The molecule has 8 heteroatoms. The molecule has 0 fully saturated rings. The third-order valence-electron chi connectivity index (χ3n) is 4.52. The van der Waals surface area contributed by atoms with Gasteiger partial charge in [0.15, 0.2) is 10.3 Å². The molecule has 1 aliphatic rings. The maximum atomic E-state index is 13.2. The number of hydrogen-bond acceptors (Lipinski definition) is 6. The van der Waals surface area contributed by atoms with Gasteiger partial charge >= 0.3 is 0 Å². The number of nitrogens with zero attached hydrogens (tertiary/aromatic N) is 3. The number of thiazole rings is 1. The Kier molecular flexibility index (Phi) is 6.59. The first-order valence-electron chi connectivity index (χ1n) is 9.77. The van der Waals surface area contributed by atoms with Crippen molar-refractivity contribution in [1.29, 1.82) is 0 Å². The molecule has 4 rings (SSSR count). The van der Waals surface area contributed by atoms with Crippen molar-refractivity contribution < 1.29 is 9.59 Å². The van der Waals surface area contributed by atoms with Crippen molar-refractivity contribution in [2.24, 2.45) is 4.99 Å². The number of benzene rings is 2. The topological polar surface area (TPSA) is 74.7 Å². The molecule has 2 amide bonds. The summed E-state index contributed by atoms with van der Waals surface area (Å²) in [7, 11) is 0. The van der Waals surface area contributed by atoms with E-state index in [4.69, 9.17) is 0 Å². The van der Waals surface area contributed by atoms with Crippen LogP contribution in [0.4, 0.5) is 10.8 Å². The number of rotatable bonds is 6. The molecule has 6 nitrogen and oxygen atoms in total. The van der Waals surface area contributed by atoms with Crippen LogP contribution in [-0.2, 0) is 9.59 Å². The normalized spacial score (nSPS) is 15.8. The summed E-state index contributed by atoms with van der Waals surface area (Å²) in [4.78, 5) is 36.3. The van der Waals surface area contributed by atoms with E-state index in [1.807, 2.05) is 67.6 Å². The molecule has 31 heavy (non-hydrogen) atoms. The van der Waals surface area contributed by atoms with Gasteiger partial charge in [-0.25, -0.2) is 9.98 Å². The molecule has 0 saturated carbocycles. The molecule has 0 aliphatic carbocycles. The number of para-hydroxylation sites is 1. The van der Waals surface area contributed by atoms with Crippen LogP contribution in [0.2, 0.25) is 0 Å². The first-order valence-corrected chi connectivity index (χ1v) is 11.5. The first-order chi connectivity index (χ1) is 15.2. The molecule has 1 N–H and O–H groups in total. The summed E-state index contributed by atoms with van der Waals surface area (Å²) in [5, 5.41) is 5.27. The Balaban J connectivity index is 1.63. The van der Waals surface area contributed by atoms with Crippen LogP contribution in [0.15, 0.2) is 82.9 Å². The molecule has 1 atom stereocenters. The number of thioether (sulfide) groups is 1. The van der Waals surface area contributed by atoms with Gasteiger partial charge in [0.2, 0.25) is 5.91 Å². The predicted octanol–water partition coefficient (Wildman–Crippen LogP) is 5.04. The first kappa shape index (κ1) is 21.0. The number of hydrogen-bond donors (Lipinski definition) is 1. The lowest BCUT2D eigenvalue weighted by molar-refractivity contribution is -0.116. The smallest absolute Gasteiger partial charge is 0.283 e. The Morgan fingerprint density at radius 3 is 2.52 bits per heavy atom. The molecule has 0 spiro atoms. The van der Waals surface area contributed by atoms with Gasteiger partial charge in [-0.05, 0) is 30.2 Å². The fraction of sp³-hybridized carbons (Fsp3) is 0.130. The number of nitrogens with one attached hydrogen (secondary N) is 1. The standard InChI is InChI=1S/C23H20N4O2S2/c1-2-19(20(28)26-22-24-13-14-30-22)31-23-25-18(15-16-9-5-3-6-10-16)21(29)27(23)17-11-7-4-8-12-17/h3-15,19H,2H2,1H3,(H,24,26,28)/b18-15+. The molecule has 1 aliphatic heterocycles. The predicted molar refractivity (Wildman–Crippen MR) is 128 cm³/mol. The van der Waals surface area contributed by atoms with Crippen molar-refractivity contribution in [3.05, 3.63) is 83.5 Å². The molecule has 2 aromatic carbocycles. The Morgan fingerprint density at radius 1 is 1.16 bits per heavy atom. The van der Waals surface area contributed by atoms with E-state index >= 15 is 0 Å². The Bertz CT molecular complexity index is 1110. The van der Waals surface area contributed by atoms with E-state index in [0.717, 1.165) is 5.56 Å². The van der Waals surface area contributed by atoms with Gasteiger partial charge in [-0.15, -0.1) is 11.3 Å². The number of carbonyl (C=O) groups is 2. The lowest BCUT2D eigenvalue weighted by Crippen LogP contribution is -2.34. The maximum absolute atomic E-state index is 13.2. The Labute approximate surface area is 188 Å². The van der Waals surface area contributed by atoms with Crippen LogP contribution in [-0.4, -0.2) is 27.2 Å². The van der Waals surface area contributed by atoms with Crippen molar-refractivity contribution >= 4 is 57.0 Å². The van der Waals surface area contributed by atoms with Gasteiger partial charge in [-0.3, -0.25) is 14.5 Å². The highest BCUT2D eigenvalue weighted by atomic mass is 32.2. The van der Waals surface area contributed by atoms with Crippen molar-refractivity contribution in [1.82, 2.24) is 4.98 Å². The zero-order chi connectivity index (χ0) is 21.6. The monoisotopic (exact) mass is 448 g/mol. The van der Waals surface area contributed by atoms with Gasteiger partial charge in [-0.1, -0.05) is 67.2 Å². The van der Waals surface area contributed by atoms with Crippen LogP contribution >= 0.6 is 23.1 Å². The number of amidine groups is 1. The minimum atomic E-state index is -0.419. The quantitative estimate of drug-likeness (QED) is 0.536. The largest absolute Gasteiger partial charge is 0.301 e. The fourth-order valence-corrected chi connectivity index (χ4v) is 4.57. The van der Waals surface area contributed by atoms with Gasteiger partial charge in [0.05, 0.1) is 10.9 Å². The van der Waals surface area contributed by atoms with E-state index in [1.54, 1.807) is 22.6 Å². The number of carbonyl (C=O) groups excluding carboxylic acids is 2. The Morgan fingerprint density at radius 2 is 1.87 bits per heavy atom. The lowest BCUT2D eigenvalue weighted by Gasteiger charge is -2.20. The van der Waals surface area contributed by atoms with Crippen molar-refractivity contribution in [2.75, 3.05) is 10.2 Å². The zero-order valence-electron chi connectivity index (χ0n) is 16.8. The number of aromatic nitrogens is 1. The highest BCUT2D eigenvalue weighted by molar-refractivity contribution is 8.15. The van der Waals surface area contributed by atoms with Crippen molar-refractivity contribution in [2.45, 2.75) is 18.6 Å². The number of aliphatic imine (C=N–C) groups is 1. The van der Waals surface area contributed by atoms with Gasteiger partial charge < -0.3 is 5.32 Å². The molecule has 156 valence electrons. The van der Waals surface area contributed by atoms with E-state index in [1.165, 1.54) is 23.1 Å². The van der Waals surface area contributed by atoms with E-state index in [0.29, 0.717) is 28.1 Å². The van der Waals surface area contributed by atoms with Crippen molar-refractivity contribution in [3.8, 4) is 0 Å². The van der Waals surface area contributed by atoms with Crippen LogP contribution < -0.4 is 10.2 Å². The minimum Gasteiger partial charge on any atom is -0.301 e. The molecule has 2 heterocycles. The zero-order valence-corrected chi connectivity index (χ0v) is 18.4. The summed E-state index contributed by atoms with van der Waals surface area (Å²) >= 11 is 2.65.